The Morgan fingerprint density at radius 3 is 2.61 bits per heavy atom. The van der Waals surface area contributed by atoms with Crippen molar-refractivity contribution in [3.63, 3.8) is 0 Å². The number of carbonyl (C=O) groups is 1. The molecule has 2 heterocycles. The topological polar surface area (TPSA) is 54.9 Å². The number of nitrogens with one attached hydrogen (secondary N) is 1. The van der Waals surface area contributed by atoms with Crippen molar-refractivity contribution in [3.8, 4) is 0 Å². The number of pyridine rings is 2. The van der Waals surface area contributed by atoms with Gasteiger partial charge in [-0.05, 0) is 44.0 Å². The first-order valence-electron chi connectivity index (χ1n) is 4.79. The van der Waals surface area contributed by atoms with E-state index in [4.69, 9.17) is 11.6 Å². The lowest BCUT2D eigenvalue weighted by molar-refractivity contribution is 0.102. The van der Waals surface area contributed by atoms with Gasteiger partial charge in [0.25, 0.3) is 5.91 Å². The summed E-state index contributed by atoms with van der Waals surface area (Å²) in [7, 11) is 0. The normalized spacial score (nSPS) is 10.2. The SMILES string of the molecule is O=C(Nc1cc(Br)cnc1Cl)c1cncc(Br)c1. The zero-order valence-corrected chi connectivity index (χ0v) is 12.8. The van der Waals surface area contributed by atoms with E-state index >= 15 is 0 Å². The van der Waals surface area contributed by atoms with Gasteiger partial charge in [0.2, 0.25) is 0 Å². The van der Waals surface area contributed by atoms with E-state index in [1.54, 1.807) is 24.5 Å². The minimum atomic E-state index is -0.300. The molecule has 0 unspecified atom stereocenters. The molecule has 0 aromatic carbocycles. The smallest absolute Gasteiger partial charge is 0.257 e. The third-order valence-electron chi connectivity index (χ3n) is 2.02. The van der Waals surface area contributed by atoms with Gasteiger partial charge in [-0.25, -0.2) is 4.98 Å². The second kappa shape index (κ2) is 5.77. The molecule has 0 spiro atoms. The Kier molecular flexibility index (Phi) is 4.31. The van der Waals surface area contributed by atoms with Crippen molar-refractivity contribution in [3.05, 3.63) is 50.4 Å². The van der Waals surface area contributed by atoms with Gasteiger partial charge in [-0.15, -0.1) is 0 Å². The maximum atomic E-state index is 12.0. The minimum Gasteiger partial charge on any atom is -0.319 e. The molecule has 0 saturated heterocycles. The molecule has 0 aliphatic carbocycles. The molecule has 7 heteroatoms. The molecule has 2 aromatic heterocycles. The number of hydrogen-bond acceptors (Lipinski definition) is 3. The molecule has 0 aliphatic rings. The third kappa shape index (κ3) is 3.28. The second-order valence-electron chi connectivity index (χ2n) is 3.34. The molecular weight excluding hydrogens is 385 g/mol. The van der Waals surface area contributed by atoms with Gasteiger partial charge in [-0.1, -0.05) is 11.6 Å². The Labute approximate surface area is 125 Å². The van der Waals surface area contributed by atoms with Crippen LogP contribution in [0.4, 0.5) is 5.69 Å². The van der Waals surface area contributed by atoms with Crippen LogP contribution in [0.1, 0.15) is 10.4 Å². The zero-order chi connectivity index (χ0) is 13.1. The fraction of sp³-hybridized carbons (Fsp3) is 0. The van der Waals surface area contributed by atoms with Crippen molar-refractivity contribution in [2.24, 2.45) is 0 Å². The van der Waals surface area contributed by atoms with Gasteiger partial charge >= 0.3 is 0 Å². The fourth-order valence-electron chi connectivity index (χ4n) is 1.24. The summed E-state index contributed by atoms with van der Waals surface area (Å²) < 4.78 is 1.46. The Bertz CT molecular complexity index is 607. The zero-order valence-electron chi connectivity index (χ0n) is 8.82. The molecule has 1 N–H and O–H groups in total. The predicted molar refractivity (Wildman–Crippen MR) is 76.8 cm³/mol. The molecule has 2 aromatic rings. The van der Waals surface area contributed by atoms with Crippen molar-refractivity contribution in [1.82, 2.24) is 9.97 Å². The van der Waals surface area contributed by atoms with Crippen LogP contribution in [0.3, 0.4) is 0 Å². The van der Waals surface area contributed by atoms with Crippen LogP contribution in [0.2, 0.25) is 5.15 Å². The van der Waals surface area contributed by atoms with E-state index in [1.807, 2.05) is 0 Å². The molecule has 0 saturated carbocycles. The monoisotopic (exact) mass is 389 g/mol. The van der Waals surface area contributed by atoms with E-state index in [1.165, 1.54) is 6.20 Å². The summed E-state index contributed by atoms with van der Waals surface area (Å²) in [5, 5.41) is 2.90. The summed E-state index contributed by atoms with van der Waals surface area (Å²) in [6, 6.07) is 3.35. The molecule has 1 amide bonds. The van der Waals surface area contributed by atoms with Crippen LogP contribution in [0, 0.1) is 0 Å². The fourth-order valence-corrected chi connectivity index (χ4v) is 2.09. The van der Waals surface area contributed by atoms with E-state index < -0.39 is 0 Å². The van der Waals surface area contributed by atoms with Gasteiger partial charge in [0.05, 0.1) is 11.3 Å². The third-order valence-corrected chi connectivity index (χ3v) is 3.19. The summed E-state index contributed by atoms with van der Waals surface area (Å²) in [6.07, 6.45) is 4.63. The number of aromatic nitrogens is 2. The maximum Gasteiger partial charge on any atom is 0.257 e. The van der Waals surface area contributed by atoms with Crippen molar-refractivity contribution < 1.29 is 4.79 Å². The van der Waals surface area contributed by atoms with Crippen molar-refractivity contribution >= 4 is 55.1 Å². The summed E-state index contributed by atoms with van der Waals surface area (Å²) >= 11 is 12.4. The van der Waals surface area contributed by atoms with Crippen LogP contribution in [-0.2, 0) is 0 Å². The van der Waals surface area contributed by atoms with Crippen LogP contribution in [0.25, 0.3) is 0 Å². The van der Waals surface area contributed by atoms with Crippen LogP contribution in [-0.4, -0.2) is 15.9 Å². The quantitative estimate of drug-likeness (QED) is 0.790. The van der Waals surface area contributed by atoms with E-state index in [-0.39, 0.29) is 11.1 Å². The van der Waals surface area contributed by atoms with Crippen molar-refractivity contribution in [2.45, 2.75) is 0 Å². The van der Waals surface area contributed by atoms with Gasteiger partial charge < -0.3 is 5.32 Å². The lowest BCUT2D eigenvalue weighted by atomic mass is 10.2. The molecule has 2 rings (SSSR count). The van der Waals surface area contributed by atoms with Crippen LogP contribution < -0.4 is 5.32 Å². The van der Waals surface area contributed by atoms with Crippen LogP contribution in [0.15, 0.2) is 39.7 Å². The number of rotatable bonds is 2. The number of halogens is 3. The van der Waals surface area contributed by atoms with E-state index in [2.05, 4.69) is 47.1 Å². The molecular formula is C11H6Br2ClN3O. The maximum absolute atomic E-state index is 12.0. The van der Waals surface area contributed by atoms with Gasteiger partial charge in [0, 0.05) is 27.5 Å². The number of hydrogen-bond donors (Lipinski definition) is 1. The van der Waals surface area contributed by atoms with Crippen LogP contribution in [0.5, 0.6) is 0 Å². The summed E-state index contributed by atoms with van der Waals surface area (Å²) in [6.45, 7) is 0. The molecule has 92 valence electrons. The number of carbonyl (C=O) groups excluding carboxylic acids is 1. The van der Waals surface area contributed by atoms with Crippen LogP contribution >= 0.6 is 43.5 Å². The highest BCUT2D eigenvalue weighted by Gasteiger charge is 2.10. The highest BCUT2D eigenvalue weighted by molar-refractivity contribution is 9.10. The molecule has 18 heavy (non-hydrogen) atoms. The summed E-state index contributed by atoms with van der Waals surface area (Å²) in [5.41, 5.74) is 0.872. The number of nitrogens with zero attached hydrogens (tertiary/aromatic N) is 2. The van der Waals surface area contributed by atoms with Gasteiger partial charge in [0.15, 0.2) is 5.15 Å². The summed E-state index contributed by atoms with van der Waals surface area (Å²) in [5.74, 6) is -0.300. The standard InChI is InChI=1S/C11H6Br2ClN3O/c12-7-1-6(3-15-4-7)11(18)17-9-2-8(13)5-16-10(9)14/h1-5H,(H,17,18). The molecule has 0 atom stereocenters. The first kappa shape index (κ1) is 13.5. The number of amides is 1. The highest BCUT2D eigenvalue weighted by atomic mass is 79.9. The van der Waals surface area contributed by atoms with E-state index in [0.717, 1.165) is 8.95 Å². The van der Waals surface area contributed by atoms with E-state index in [9.17, 15) is 4.79 Å². The van der Waals surface area contributed by atoms with Gasteiger partial charge in [-0.3, -0.25) is 9.78 Å². The Morgan fingerprint density at radius 1 is 1.17 bits per heavy atom. The average molecular weight is 391 g/mol. The second-order valence-corrected chi connectivity index (χ2v) is 5.53. The van der Waals surface area contributed by atoms with Crippen molar-refractivity contribution in [1.29, 1.82) is 0 Å². The Hall–Kier alpha value is -0.980. The largest absolute Gasteiger partial charge is 0.319 e. The first-order chi connectivity index (χ1) is 8.56. The highest BCUT2D eigenvalue weighted by Crippen LogP contribution is 2.23. The average Bonchev–Trinajstić information content (AvgIpc) is 2.34. The van der Waals surface area contributed by atoms with E-state index in [0.29, 0.717) is 11.3 Å². The lowest BCUT2D eigenvalue weighted by Crippen LogP contribution is -2.12. The van der Waals surface area contributed by atoms with Gasteiger partial charge in [0.1, 0.15) is 0 Å². The molecule has 0 radical (unpaired) electrons. The molecule has 0 bridgehead atoms. The Morgan fingerprint density at radius 2 is 1.89 bits per heavy atom. The first-order valence-corrected chi connectivity index (χ1v) is 6.75. The number of anilines is 1. The lowest BCUT2D eigenvalue weighted by Gasteiger charge is -2.07. The predicted octanol–water partition coefficient (Wildman–Crippen LogP) is 3.91. The van der Waals surface area contributed by atoms with Crippen molar-refractivity contribution in [2.75, 3.05) is 5.32 Å². The molecule has 4 nitrogen and oxygen atoms in total. The summed E-state index contributed by atoms with van der Waals surface area (Å²) in [4.78, 5) is 19.8. The molecule has 0 aliphatic heterocycles. The minimum absolute atomic E-state index is 0.231. The Balaban J connectivity index is 2.24. The molecule has 0 fully saturated rings. The van der Waals surface area contributed by atoms with Gasteiger partial charge in [-0.2, -0.15) is 0 Å².